The third kappa shape index (κ3) is 4.00. The highest BCUT2D eigenvalue weighted by atomic mass is 32.1. The van der Waals surface area contributed by atoms with Crippen LogP contribution in [0.5, 0.6) is 0 Å². The van der Waals surface area contributed by atoms with Crippen LogP contribution in [0.25, 0.3) is 0 Å². The molecule has 5 heteroatoms. The van der Waals surface area contributed by atoms with Crippen molar-refractivity contribution in [3.8, 4) is 0 Å². The molecule has 21 heavy (non-hydrogen) atoms. The van der Waals surface area contributed by atoms with E-state index in [0.717, 1.165) is 19.6 Å². The minimum atomic E-state index is 0.890. The van der Waals surface area contributed by atoms with Crippen molar-refractivity contribution in [1.82, 2.24) is 19.7 Å². The molecule has 0 radical (unpaired) electrons. The minimum absolute atomic E-state index is 0.890. The Morgan fingerprint density at radius 2 is 2.00 bits per heavy atom. The number of thiophene rings is 1. The Balaban J connectivity index is 1.73. The summed E-state index contributed by atoms with van der Waals surface area (Å²) in [6, 6.07) is 8.40. The number of nitrogens with zero attached hydrogens (tertiary/aromatic N) is 4. The van der Waals surface area contributed by atoms with Gasteiger partial charge < -0.3 is 0 Å². The van der Waals surface area contributed by atoms with Gasteiger partial charge in [0.1, 0.15) is 0 Å². The van der Waals surface area contributed by atoms with Crippen LogP contribution in [-0.2, 0) is 26.7 Å². The SMILES string of the molecule is Cn1cc(CN(Cc2cccnc2)Cc2cccs2)cn1. The molecular formula is C16H18N4S. The summed E-state index contributed by atoms with van der Waals surface area (Å²) in [6.45, 7) is 2.72. The number of hydrogen-bond acceptors (Lipinski definition) is 4. The number of hydrogen-bond donors (Lipinski definition) is 0. The fraction of sp³-hybridized carbons (Fsp3) is 0.250. The number of rotatable bonds is 6. The lowest BCUT2D eigenvalue weighted by Crippen LogP contribution is -2.21. The molecule has 0 N–H and O–H groups in total. The molecule has 0 fully saturated rings. The summed E-state index contributed by atoms with van der Waals surface area (Å²) < 4.78 is 1.85. The summed E-state index contributed by atoms with van der Waals surface area (Å²) in [5.74, 6) is 0. The Hall–Kier alpha value is -1.98. The molecule has 108 valence electrons. The lowest BCUT2D eigenvalue weighted by Gasteiger charge is -2.21. The maximum Gasteiger partial charge on any atom is 0.0534 e. The zero-order valence-corrected chi connectivity index (χ0v) is 12.8. The first-order valence-electron chi connectivity index (χ1n) is 6.91. The third-order valence-corrected chi connectivity index (χ3v) is 4.11. The van der Waals surface area contributed by atoms with E-state index in [1.165, 1.54) is 16.0 Å². The van der Waals surface area contributed by atoms with Crippen LogP contribution in [-0.4, -0.2) is 19.7 Å². The monoisotopic (exact) mass is 298 g/mol. The van der Waals surface area contributed by atoms with Gasteiger partial charge in [-0.1, -0.05) is 12.1 Å². The standard InChI is InChI=1S/C16H18N4S/c1-19-10-15(9-18-19)12-20(13-16-5-3-7-21-16)11-14-4-2-6-17-8-14/h2-10H,11-13H2,1H3. The van der Waals surface area contributed by atoms with Crippen LogP contribution in [0.15, 0.2) is 54.4 Å². The second kappa shape index (κ2) is 6.65. The molecule has 0 atom stereocenters. The first-order valence-corrected chi connectivity index (χ1v) is 7.79. The Morgan fingerprint density at radius 3 is 2.67 bits per heavy atom. The van der Waals surface area contributed by atoms with Crippen LogP contribution in [0.2, 0.25) is 0 Å². The molecule has 0 bridgehead atoms. The molecule has 0 aliphatic heterocycles. The smallest absolute Gasteiger partial charge is 0.0534 e. The highest BCUT2D eigenvalue weighted by Crippen LogP contribution is 2.16. The Morgan fingerprint density at radius 1 is 1.10 bits per heavy atom. The van der Waals surface area contributed by atoms with Gasteiger partial charge in [-0.05, 0) is 23.1 Å². The van der Waals surface area contributed by atoms with Crippen molar-refractivity contribution in [3.05, 3.63) is 70.4 Å². The summed E-state index contributed by atoms with van der Waals surface area (Å²) in [5.41, 5.74) is 2.47. The summed E-state index contributed by atoms with van der Waals surface area (Å²) in [5, 5.41) is 6.38. The maximum absolute atomic E-state index is 4.25. The molecule has 0 amide bonds. The van der Waals surface area contributed by atoms with Crippen LogP contribution in [0.1, 0.15) is 16.0 Å². The Kier molecular flexibility index (Phi) is 4.43. The fourth-order valence-corrected chi connectivity index (χ4v) is 3.10. The van der Waals surface area contributed by atoms with Crippen molar-refractivity contribution >= 4 is 11.3 Å². The average molecular weight is 298 g/mol. The van der Waals surface area contributed by atoms with Crippen molar-refractivity contribution in [1.29, 1.82) is 0 Å². The van der Waals surface area contributed by atoms with E-state index in [2.05, 4.69) is 44.8 Å². The van der Waals surface area contributed by atoms with E-state index in [1.807, 2.05) is 36.4 Å². The largest absolute Gasteiger partial charge is 0.290 e. The summed E-state index contributed by atoms with van der Waals surface area (Å²) >= 11 is 1.80. The van der Waals surface area contributed by atoms with Gasteiger partial charge in [0.05, 0.1) is 6.20 Å². The van der Waals surface area contributed by atoms with E-state index in [-0.39, 0.29) is 0 Å². The molecule has 3 aromatic rings. The lowest BCUT2D eigenvalue weighted by atomic mass is 10.2. The Bertz CT molecular complexity index is 661. The van der Waals surface area contributed by atoms with Crippen LogP contribution in [0.3, 0.4) is 0 Å². The topological polar surface area (TPSA) is 34.0 Å². The second-order valence-corrected chi connectivity index (χ2v) is 6.14. The molecule has 0 aliphatic rings. The van der Waals surface area contributed by atoms with Crippen LogP contribution < -0.4 is 0 Å². The van der Waals surface area contributed by atoms with Crippen molar-refractivity contribution < 1.29 is 0 Å². The predicted octanol–water partition coefficient (Wildman–Crippen LogP) is 3.08. The van der Waals surface area contributed by atoms with Gasteiger partial charge in [-0.3, -0.25) is 14.6 Å². The van der Waals surface area contributed by atoms with Crippen molar-refractivity contribution in [2.45, 2.75) is 19.6 Å². The highest BCUT2D eigenvalue weighted by Gasteiger charge is 2.10. The summed E-state index contributed by atoms with van der Waals surface area (Å²) in [4.78, 5) is 8.00. The Labute approximate surface area is 128 Å². The van der Waals surface area contributed by atoms with Gasteiger partial charge in [0.2, 0.25) is 0 Å². The average Bonchev–Trinajstić information content (AvgIpc) is 3.12. The molecule has 3 heterocycles. The molecule has 3 aromatic heterocycles. The quantitative estimate of drug-likeness (QED) is 0.701. The first-order chi connectivity index (χ1) is 10.3. The molecule has 0 unspecified atom stereocenters. The molecule has 3 rings (SSSR count). The zero-order valence-electron chi connectivity index (χ0n) is 12.0. The van der Waals surface area contributed by atoms with Crippen molar-refractivity contribution in [3.63, 3.8) is 0 Å². The van der Waals surface area contributed by atoms with E-state index < -0.39 is 0 Å². The second-order valence-electron chi connectivity index (χ2n) is 5.11. The summed E-state index contributed by atoms with van der Waals surface area (Å²) in [6.07, 6.45) is 7.76. The molecule has 0 aromatic carbocycles. The third-order valence-electron chi connectivity index (χ3n) is 3.25. The van der Waals surface area contributed by atoms with Crippen molar-refractivity contribution in [2.24, 2.45) is 7.05 Å². The fourth-order valence-electron chi connectivity index (χ4n) is 2.35. The van der Waals surface area contributed by atoms with Crippen LogP contribution in [0.4, 0.5) is 0 Å². The van der Waals surface area contributed by atoms with Gasteiger partial charge in [0, 0.05) is 55.7 Å². The number of aromatic nitrogens is 3. The molecule has 0 saturated heterocycles. The zero-order chi connectivity index (χ0) is 14.5. The number of aryl methyl sites for hydroxylation is 1. The van der Waals surface area contributed by atoms with E-state index in [9.17, 15) is 0 Å². The molecular weight excluding hydrogens is 280 g/mol. The highest BCUT2D eigenvalue weighted by molar-refractivity contribution is 7.09. The molecule has 0 spiro atoms. The van der Waals surface area contributed by atoms with Gasteiger partial charge in [-0.15, -0.1) is 11.3 Å². The van der Waals surface area contributed by atoms with Gasteiger partial charge >= 0.3 is 0 Å². The summed E-state index contributed by atoms with van der Waals surface area (Å²) in [7, 11) is 1.95. The predicted molar refractivity (Wildman–Crippen MR) is 84.7 cm³/mol. The van der Waals surface area contributed by atoms with E-state index >= 15 is 0 Å². The van der Waals surface area contributed by atoms with E-state index in [0.29, 0.717) is 0 Å². The minimum Gasteiger partial charge on any atom is -0.290 e. The van der Waals surface area contributed by atoms with Gasteiger partial charge in [-0.2, -0.15) is 5.10 Å². The van der Waals surface area contributed by atoms with Gasteiger partial charge in [0.15, 0.2) is 0 Å². The molecule has 0 saturated carbocycles. The normalized spacial score (nSPS) is 11.1. The lowest BCUT2D eigenvalue weighted by molar-refractivity contribution is 0.249. The van der Waals surface area contributed by atoms with Gasteiger partial charge in [-0.25, -0.2) is 0 Å². The van der Waals surface area contributed by atoms with Crippen molar-refractivity contribution in [2.75, 3.05) is 0 Å². The molecule has 4 nitrogen and oxygen atoms in total. The maximum atomic E-state index is 4.25. The van der Waals surface area contributed by atoms with Gasteiger partial charge in [0.25, 0.3) is 0 Å². The number of pyridine rings is 1. The van der Waals surface area contributed by atoms with E-state index in [1.54, 1.807) is 11.3 Å². The van der Waals surface area contributed by atoms with Crippen LogP contribution in [0, 0.1) is 0 Å². The molecule has 0 aliphatic carbocycles. The van der Waals surface area contributed by atoms with Crippen LogP contribution >= 0.6 is 11.3 Å². The van der Waals surface area contributed by atoms with E-state index in [4.69, 9.17) is 0 Å². The first kappa shape index (κ1) is 14.0.